The van der Waals surface area contributed by atoms with Crippen LogP contribution in [0.5, 0.6) is 0 Å². The molecule has 0 radical (unpaired) electrons. The molecule has 12 heavy (non-hydrogen) atoms. The SMILES string of the molecule is CCN1CCC(CO)(CCl)CC1. The first kappa shape index (κ1) is 10.3. The van der Waals surface area contributed by atoms with Crippen molar-refractivity contribution < 1.29 is 5.11 Å². The smallest absolute Gasteiger partial charge is 0.0499 e. The summed E-state index contributed by atoms with van der Waals surface area (Å²) in [5, 5.41) is 9.20. The molecule has 0 saturated carbocycles. The minimum Gasteiger partial charge on any atom is -0.396 e. The van der Waals surface area contributed by atoms with Crippen LogP contribution in [0.3, 0.4) is 0 Å². The number of likely N-dealkylation sites (tertiary alicyclic amines) is 1. The summed E-state index contributed by atoms with van der Waals surface area (Å²) in [7, 11) is 0. The molecule has 1 N–H and O–H groups in total. The first-order valence-corrected chi connectivity index (χ1v) is 5.19. The van der Waals surface area contributed by atoms with E-state index in [0.717, 1.165) is 32.5 Å². The topological polar surface area (TPSA) is 23.5 Å². The van der Waals surface area contributed by atoms with E-state index in [-0.39, 0.29) is 12.0 Å². The fraction of sp³-hybridized carbons (Fsp3) is 1.00. The van der Waals surface area contributed by atoms with Gasteiger partial charge in [-0.15, -0.1) is 11.6 Å². The van der Waals surface area contributed by atoms with E-state index in [9.17, 15) is 5.11 Å². The number of rotatable bonds is 3. The molecule has 1 fully saturated rings. The van der Waals surface area contributed by atoms with E-state index in [2.05, 4.69) is 11.8 Å². The Bertz CT molecular complexity index is 126. The number of halogens is 1. The standard InChI is InChI=1S/C9H18ClNO/c1-2-11-5-3-9(7-10,8-12)4-6-11/h12H,2-8H2,1H3. The van der Waals surface area contributed by atoms with Crippen LogP contribution in [0.15, 0.2) is 0 Å². The quantitative estimate of drug-likeness (QED) is 0.681. The zero-order valence-corrected chi connectivity index (χ0v) is 8.48. The minimum absolute atomic E-state index is 0.0211. The van der Waals surface area contributed by atoms with Crippen molar-refractivity contribution in [2.75, 3.05) is 32.1 Å². The predicted molar refractivity (Wildman–Crippen MR) is 51.6 cm³/mol. The third kappa shape index (κ3) is 2.12. The van der Waals surface area contributed by atoms with Gasteiger partial charge in [-0.3, -0.25) is 0 Å². The lowest BCUT2D eigenvalue weighted by atomic mass is 9.81. The second-order valence-corrected chi connectivity index (χ2v) is 3.99. The summed E-state index contributed by atoms with van der Waals surface area (Å²) in [5.74, 6) is 0.598. The van der Waals surface area contributed by atoms with Crippen molar-refractivity contribution in [1.29, 1.82) is 0 Å². The lowest BCUT2D eigenvalue weighted by Gasteiger charge is -2.39. The highest BCUT2D eigenvalue weighted by molar-refractivity contribution is 6.18. The normalized spacial score (nSPS) is 24.2. The Morgan fingerprint density at radius 3 is 2.33 bits per heavy atom. The first-order chi connectivity index (χ1) is 5.76. The van der Waals surface area contributed by atoms with Crippen LogP contribution in [0.4, 0.5) is 0 Å². The summed E-state index contributed by atoms with van der Waals surface area (Å²) < 4.78 is 0. The Balaban J connectivity index is 2.42. The van der Waals surface area contributed by atoms with Crippen LogP contribution in [0, 0.1) is 5.41 Å². The second kappa shape index (κ2) is 4.45. The van der Waals surface area contributed by atoms with Crippen molar-refractivity contribution >= 4 is 11.6 Å². The van der Waals surface area contributed by atoms with Crippen molar-refractivity contribution in [3.63, 3.8) is 0 Å². The molecule has 1 saturated heterocycles. The van der Waals surface area contributed by atoms with E-state index in [1.54, 1.807) is 0 Å². The number of aliphatic hydroxyl groups excluding tert-OH is 1. The van der Waals surface area contributed by atoms with Crippen LogP contribution < -0.4 is 0 Å². The summed E-state index contributed by atoms with van der Waals surface area (Å²) in [5.41, 5.74) is 0.0211. The third-order valence-corrected chi connectivity index (χ3v) is 3.55. The van der Waals surface area contributed by atoms with Gasteiger partial charge in [-0.2, -0.15) is 0 Å². The van der Waals surface area contributed by atoms with Gasteiger partial charge in [0.15, 0.2) is 0 Å². The van der Waals surface area contributed by atoms with Crippen molar-refractivity contribution in [1.82, 2.24) is 4.90 Å². The lowest BCUT2D eigenvalue weighted by Crippen LogP contribution is -2.42. The van der Waals surface area contributed by atoms with Gasteiger partial charge >= 0.3 is 0 Å². The van der Waals surface area contributed by atoms with Gasteiger partial charge in [-0.1, -0.05) is 6.92 Å². The zero-order chi connectivity index (χ0) is 9.03. The summed E-state index contributed by atoms with van der Waals surface area (Å²) >= 11 is 5.85. The van der Waals surface area contributed by atoms with Crippen molar-refractivity contribution in [3.05, 3.63) is 0 Å². The summed E-state index contributed by atoms with van der Waals surface area (Å²) in [6, 6.07) is 0. The summed E-state index contributed by atoms with van der Waals surface area (Å²) in [6.07, 6.45) is 2.08. The Labute approximate surface area is 79.5 Å². The molecule has 0 unspecified atom stereocenters. The number of nitrogens with zero attached hydrogens (tertiary/aromatic N) is 1. The average molecular weight is 192 g/mol. The second-order valence-electron chi connectivity index (χ2n) is 3.73. The predicted octanol–water partition coefficient (Wildman–Crippen LogP) is 1.32. The van der Waals surface area contributed by atoms with E-state index in [1.165, 1.54) is 0 Å². The van der Waals surface area contributed by atoms with Gasteiger partial charge in [0, 0.05) is 17.9 Å². The van der Waals surface area contributed by atoms with Gasteiger partial charge in [0.2, 0.25) is 0 Å². The fourth-order valence-corrected chi connectivity index (χ4v) is 2.03. The molecule has 1 heterocycles. The summed E-state index contributed by atoms with van der Waals surface area (Å²) in [6.45, 7) is 5.71. The van der Waals surface area contributed by atoms with E-state index in [0.29, 0.717) is 5.88 Å². The Hall–Kier alpha value is 0.210. The average Bonchev–Trinajstić information content (AvgIpc) is 2.18. The maximum Gasteiger partial charge on any atom is 0.0499 e. The van der Waals surface area contributed by atoms with Gasteiger partial charge in [-0.25, -0.2) is 0 Å². The van der Waals surface area contributed by atoms with Crippen LogP contribution in [-0.4, -0.2) is 42.1 Å². The maximum atomic E-state index is 9.20. The fourth-order valence-electron chi connectivity index (χ4n) is 1.68. The minimum atomic E-state index is 0.0211. The molecule has 0 spiro atoms. The maximum absolute atomic E-state index is 9.20. The van der Waals surface area contributed by atoms with Gasteiger partial charge in [0.1, 0.15) is 0 Å². The van der Waals surface area contributed by atoms with Gasteiger partial charge in [-0.05, 0) is 32.5 Å². The van der Waals surface area contributed by atoms with Crippen LogP contribution in [-0.2, 0) is 0 Å². The lowest BCUT2D eigenvalue weighted by molar-refractivity contribution is 0.0637. The number of hydrogen-bond acceptors (Lipinski definition) is 2. The number of hydrogen-bond donors (Lipinski definition) is 1. The molecule has 0 aromatic carbocycles. The Morgan fingerprint density at radius 2 is 2.00 bits per heavy atom. The Morgan fingerprint density at radius 1 is 1.42 bits per heavy atom. The highest BCUT2D eigenvalue weighted by atomic mass is 35.5. The van der Waals surface area contributed by atoms with E-state index >= 15 is 0 Å². The van der Waals surface area contributed by atoms with Crippen LogP contribution in [0.25, 0.3) is 0 Å². The van der Waals surface area contributed by atoms with E-state index in [1.807, 2.05) is 0 Å². The molecule has 0 atom stereocenters. The van der Waals surface area contributed by atoms with Crippen molar-refractivity contribution in [2.24, 2.45) is 5.41 Å². The first-order valence-electron chi connectivity index (χ1n) is 4.65. The largest absolute Gasteiger partial charge is 0.396 e. The molecular weight excluding hydrogens is 174 g/mol. The molecule has 72 valence electrons. The third-order valence-electron chi connectivity index (χ3n) is 2.98. The number of alkyl halides is 1. The van der Waals surface area contributed by atoms with Gasteiger partial charge in [0.05, 0.1) is 0 Å². The molecule has 1 aliphatic heterocycles. The molecule has 1 aliphatic rings. The van der Waals surface area contributed by atoms with Crippen molar-refractivity contribution in [3.8, 4) is 0 Å². The number of piperidine rings is 1. The molecule has 2 nitrogen and oxygen atoms in total. The summed E-state index contributed by atoms with van der Waals surface area (Å²) in [4.78, 5) is 2.40. The highest BCUT2D eigenvalue weighted by Gasteiger charge is 2.32. The van der Waals surface area contributed by atoms with Crippen LogP contribution >= 0.6 is 11.6 Å². The van der Waals surface area contributed by atoms with E-state index in [4.69, 9.17) is 11.6 Å². The Kier molecular flexibility index (Phi) is 3.81. The molecule has 3 heteroatoms. The molecule has 0 aliphatic carbocycles. The molecule has 1 rings (SSSR count). The highest BCUT2D eigenvalue weighted by Crippen LogP contribution is 2.31. The van der Waals surface area contributed by atoms with Gasteiger partial charge < -0.3 is 10.0 Å². The van der Waals surface area contributed by atoms with E-state index < -0.39 is 0 Å². The van der Waals surface area contributed by atoms with Crippen LogP contribution in [0.2, 0.25) is 0 Å². The monoisotopic (exact) mass is 191 g/mol. The zero-order valence-electron chi connectivity index (χ0n) is 7.72. The van der Waals surface area contributed by atoms with Crippen molar-refractivity contribution in [2.45, 2.75) is 19.8 Å². The molecular formula is C9H18ClNO. The number of aliphatic hydroxyl groups is 1. The molecule has 0 amide bonds. The molecule has 0 aromatic rings. The molecule has 0 aromatic heterocycles. The molecule has 0 bridgehead atoms. The van der Waals surface area contributed by atoms with Gasteiger partial charge in [0.25, 0.3) is 0 Å². The van der Waals surface area contributed by atoms with Crippen LogP contribution in [0.1, 0.15) is 19.8 Å².